The Hall–Kier alpha value is -3.63. The Morgan fingerprint density at radius 1 is 1.04 bits per heavy atom. The van der Waals surface area contributed by atoms with Gasteiger partial charge in [0.25, 0.3) is 11.8 Å². The Morgan fingerprint density at radius 2 is 1.70 bits per heavy atom. The molecule has 0 unspecified atom stereocenters. The summed E-state index contributed by atoms with van der Waals surface area (Å²) in [6.07, 6.45) is 1.30. The number of hydrogen-bond donors (Lipinski definition) is 2. The van der Waals surface area contributed by atoms with Gasteiger partial charge in [0.05, 0.1) is 11.6 Å². The van der Waals surface area contributed by atoms with Crippen LogP contribution in [0.1, 0.15) is 16.7 Å². The van der Waals surface area contributed by atoms with Crippen molar-refractivity contribution in [3.63, 3.8) is 0 Å². The fraction of sp³-hybridized carbons (Fsp3) is 0.0526. The molecule has 0 aliphatic carbocycles. The van der Waals surface area contributed by atoms with E-state index >= 15 is 0 Å². The molecule has 0 saturated carbocycles. The number of halogens is 1. The van der Waals surface area contributed by atoms with Crippen LogP contribution in [0.3, 0.4) is 0 Å². The standard InChI is InChI=1S/C19H12ClN3O4/c20-14-5-6-16(27-10-12-3-1-11(9-21)2-4-12)13(7-14)8-15-17(24)22-19(26)23-18(15)25/h1-8H,10H2,(H2,22,23,24,25,26). The van der Waals surface area contributed by atoms with Crippen molar-refractivity contribution in [3.05, 3.63) is 69.8 Å². The van der Waals surface area contributed by atoms with Crippen LogP contribution in [0.2, 0.25) is 5.02 Å². The maximum Gasteiger partial charge on any atom is 0.328 e. The van der Waals surface area contributed by atoms with Crippen LogP contribution < -0.4 is 15.4 Å². The first-order chi connectivity index (χ1) is 13.0. The van der Waals surface area contributed by atoms with Crippen molar-refractivity contribution in [2.75, 3.05) is 0 Å². The number of rotatable bonds is 4. The maximum absolute atomic E-state index is 11.9. The topological polar surface area (TPSA) is 108 Å². The van der Waals surface area contributed by atoms with Gasteiger partial charge in [-0.3, -0.25) is 20.2 Å². The van der Waals surface area contributed by atoms with Crippen molar-refractivity contribution in [2.45, 2.75) is 6.61 Å². The summed E-state index contributed by atoms with van der Waals surface area (Å²) in [5.74, 6) is -1.21. The van der Waals surface area contributed by atoms with Gasteiger partial charge < -0.3 is 4.74 Å². The lowest BCUT2D eigenvalue weighted by atomic mass is 10.1. The van der Waals surface area contributed by atoms with E-state index in [1.807, 2.05) is 16.7 Å². The number of nitrogens with one attached hydrogen (secondary N) is 2. The third-order valence-corrected chi connectivity index (χ3v) is 3.93. The highest BCUT2D eigenvalue weighted by Gasteiger charge is 2.28. The summed E-state index contributed by atoms with van der Waals surface area (Å²) in [4.78, 5) is 34.9. The largest absolute Gasteiger partial charge is 0.488 e. The quantitative estimate of drug-likeness (QED) is 0.625. The van der Waals surface area contributed by atoms with Gasteiger partial charge in [0.2, 0.25) is 0 Å². The van der Waals surface area contributed by atoms with Crippen LogP contribution >= 0.6 is 11.6 Å². The van der Waals surface area contributed by atoms with Crippen molar-refractivity contribution in [3.8, 4) is 11.8 Å². The third kappa shape index (κ3) is 4.32. The molecule has 134 valence electrons. The molecule has 1 fully saturated rings. The number of barbiturate groups is 1. The molecule has 0 aromatic heterocycles. The second-order valence-electron chi connectivity index (χ2n) is 5.57. The summed E-state index contributed by atoms with van der Waals surface area (Å²) in [5, 5.41) is 13.2. The van der Waals surface area contributed by atoms with Crippen LogP contribution in [0, 0.1) is 11.3 Å². The van der Waals surface area contributed by atoms with Gasteiger partial charge in [-0.1, -0.05) is 23.7 Å². The normalized spacial score (nSPS) is 13.5. The van der Waals surface area contributed by atoms with Crippen molar-refractivity contribution in [1.82, 2.24) is 10.6 Å². The Labute approximate surface area is 159 Å². The molecule has 0 atom stereocenters. The molecule has 2 N–H and O–H groups in total. The van der Waals surface area contributed by atoms with E-state index < -0.39 is 17.8 Å². The summed E-state index contributed by atoms with van der Waals surface area (Å²) >= 11 is 6.01. The number of amides is 4. The van der Waals surface area contributed by atoms with E-state index in [9.17, 15) is 14.4 Å². The number of carbonyl (C=O) groups excluding carboxylic acids is 3. The monoisotopic (exact) mass is 381 g/mol. The molecule has 0 spiro atoms. The molecule has 2 aromatic carbocycles. The Balaban J connectivity index is 1.85. The summed E-state index contributed by atoms with van der Waals surface area (Å²) in [5.41, 5.74) is 1.55. The maximum atomic E-state index is 11.9. The first kappa shape index (κ1) is 18.2. The van der Waals surface area contributed by atoms with Crippen LogP contribution in [-0.2, 0) is 16.2 Å². The predicted molar refractivity (Wildman–Crippen MR) is 96.6 cm³/mol. The van der Waals surface area contributed by atoms with E-state index in [2.05, 4.69) is 0 Å². The minimum atomic E-state index is -0.870. The first-order valence-electron chi connectivity index (χ1n) is 7.76. The number of hydrogen-bond acceptors (Lipinski definition) is 5. The molecule has 2 aromatic rings. The van der Waals surface area contributed by atoms with E-state index in [-0.39, 0.29) is 12.2 Å². The molecular weight excluding hydrogens is 370 g/mol. The second kappa shape index (κ2) is 7.72. The summed E-state index contributed by atoms with van der Waals surface area (Å²) in [7, 11) is 0. The SMILES string of the molecule is N#Cc1ccc(COc2ccc(Cl)cc2C=C2C(=O)NC(=O)NC2=O)cc1. The first-order valence-corrected chi connectivity index (χ1v) is 8.14. The molecule has 7 nitrogen and oxygen atoms in total. The van der Waals surface area contributed by atoms with Gasteiger partial charge in [0.1, 0.15) is 17.9 Å². The molecule has 3 rings (SSSR count). The lowest BCUT2D eigenvalue weighted by Gasteiger charge is -2.15. The number of nitrogens with zero attached hydrogens (tertiary/aromatic N) is 1. The average molecular weight is 382 g/mol. The van der Waals surface area contributed by atoms with Gasteiger partial charge >= 0.3 is 6.03 Å². The van der Waals surface area contributed by atoms with Crippen LogP contribution in [0.4, 0.5) is 4.79 Å². The number of benzene rings is 2. The molecule has 27 heavy (non-hydrogen) atoms. The van der Waals surface area contributed by atoms with Crippen molar-refractivity contribution in [2.24, 2.45) is 0 Å². The summed E-state index contributed by atoms with van der Waals surface area (Å²) in [6.45, 7) is 0.209. The average Bonchev–Trinajstić information content (AvgIpc) is 2.64. The Bertz CT molecular complexity index is 985. The predicted octanol–water partition coefficient (Wildman–Crippen LogP) is 2.54. The molecule has 0 bridgehead atoms. The van der Waals surface area contributed by atoms with Crippen molar-refractivity contribution >= 4 is 35.5 Å². The van der Waals surface area contributed by atoms with Crippen LogP contribution in [0.5, 0.6) is 5.75 Å². The fourth-order valence-corrected chi connectivity index (χ4v) is 2.54. The van der Waals surface area contributed by atoms with E-state index in [4.69, 9.17) is 21.6 Å². The highest BCUT2D eigenvalue weighted by Crippen LogP contribution is 2.26. The van der Waals surface area contributed by atoms with Gasteiger partial charge in [-0.15, -0.1) is 0 Å². The van der Waals surface area contributed by atoms with Gasteiger partial charge in [-0.25, -0.2) is 4.79 Å². The summed E-state index contributed by atoms with van der Waals surface area (Å²) < 4.78 is 5.77. The molecule has 1 saturated heterocycles. The smallest absolute Gasteiger partial charge is 0.328 e. The zero-order valence-corrected chi connectivity index (χ0v) is 14.5. The second-order valence-corrected chi connectivity index (χ2v) is 6.01. The fourth-order valence-electron chi connectivity index (χ4n) is 2.36. The molecular formula is C19H12ClN3O4. The third-order valence-electron chi connectivity index (χ3n) is 3.69. The van der Waals surface area contributed by atoms with Gasteiger partial charge in [0.15, 0.2) is 0 Å². The number of ether oxygens (including phenoxy) is 1. The van der Waals surface area contributed by atoms with Gasteiger partial charge in [-0.05, 0) is 42.0 Å². The Morgan fingerprint density at radius 3 is 2.33 bits per heavy atom. The number of urea groups is 1. The van der Waals surface area contributed by atoms with Gasteiger partial charge in [0, 0.05) is 10.6 Å². The molecule has 8 heteroatoms. The molecule has 0 radical (unpaired) electrons. The van der Waals surface area contributed by atoms with Gasteiger partial charge in [-0.2, -0.15) is 5.26 Å². The van der Waals surface area contributed by atoms with Crippen molar-refractivity contribution in [1.29, 1.82) is 5.26 Å². The molecule has 1 heterocycles. The van der Waals surface area contributed by atoms with Crippen molar-refractivity contribution < 1.29 is 19.1 Å². The van der Waals surface area contributed by atoms with E-state index in [1.165, 1.54) is 6.08 Å². The highest BCUT2D eigenvalue weighted by atomic mass is 35.5. The molecule has 4 amide bonds. The Kier molecular flexibility index (Phi) is 5.20. The number of imide groups is 2. The summed E-state index contributed by atoms with van der Waals surface area (Å²) in [6, 6.07) is 12.8. The number of nitriles is 1. The molecule has 1 aliphatic rings. The van der Waals surface area contributed by atoms with Crippen LogP contribution in [-0.4, -0.2) is 17.8 Å². The van der Waals surface area contributed by atoms with E-state index in [0.29, 0.717) is 21.9 Å². The van der Waals surface area contributed by atoms with E-state index in [0.717, 1.165) is 5.56 Å². The molecule has 1 aliphatic heterocycles. The minimum Gasteiger partial charge on any atom is -0.488 e. The zero-order valence-electron chi connectivity index (χ0n) is 13.8. The lowest BCUT2D eigenvalue weighted by molar-refractivity contribution is -0.123. The van der Waals surface area contributed by atoms with Crippen LogP contribution in [0.25, 0.3) is 6.08 Å². The minimum absolute atomic E-state index is 0.209. The zero-order chi connectivity index (χ0) is 19.4. The lowest BCUT2D eigenvalue weighted by Crippen LogP contribution is -2.51. The van der Waals surface area contributed by atoms with Crippen LogP contribution in [0.15, 0.2) is 48.0 Å². The highest BCUT2D eigenvalue weighted by molar-refractivity contribution is 6.32. The van der Waals surface area contributed by atoms with E-state index in [1.54, 1.807) is 42.5 Å². The number of carbonyl (C=O) groups is 3.